The lowest BCUT2D eigenvalue weighted by Crippen LogP contribution is -2.22. The molecule has 0 atom stereocenters. The van der Waals surface area contributed by atoms with Crippen LogP contribution in [0.3, 0.4) is 0 Å². The molecule has 0 amide bonds. The fourth-order valence-electron chi connectivity index (χ4n) is 1.58. The standard InChI is InChI=1S/C11H16F3N3O2/c1-6(2)8-9(15)16-7(17-10(8)18)3-4-19-5-11(12,13)14/h6H,3-5H2,1-2H3,(H3,15,16,17,18). The van der Waals surface area contributed by atoms with Crippen molar-refractivity contribution in [3.63, 3.8) is 0 Å². The second-order valence-electron chi connectivity index (χ2n) is 4.38. The van der Waals surface area contributed by atoms with E-state index in [1.165, 1.54) is 0 Å². The SMILES string of the molecule is CC(C)c1c(N)nc(CCOCC(F)(F)F)[nH]c1=O. The van der Waals surface area contributed by atoms with Crippen LogP contribution < -0.4 is 11.3 Å². The highest BCUT2D eigenvalue weighted by atomic mass is 19.4. The summed E-state index contributed by atoms with van der Waals surface area (Å²) in [6.07, 6.45) is -4.30. The molecule has 1 rings (SSSR count). The van der Waals surface area contributed by atoms with Crippen molar-refractivity contribution >= 4 is 5.82 Å². The van der Waals surface area contributed by atoms with Gasteiger partial charge in [-0.2, -0.15) is 13.2 Å². The fraction of sp³-hybridized carbons (Fsp3) is 0.636. The number of hydrogen-bond acceptors (Lipinski definition) is 4. The number of halogens is 3. The van der Waals surface area contributed by atoms with Crippen LogP contribution >= 0.6 is 0 Å². The summed E-state index contributed by atoms with van der Waals surface area (Å²) < 4.78 is 39.9. The summed E-state index contributed by atoms with van der Waals surface area (Å²) >= 11 is 0. The maximum absolute atomic E-state index is 11.8. The number of aromatic amines is 1. The number of nitrogens with two attached hydrogens (primary N) is 1. The van der Waals surface area contributed by atoms with E-state index in [2.05, 4.69) is 14.7 Å². The van der Waals surface area contributed by atoms with Gasteiger partial charge in [-0.25, -0.2) is 4.98 Å². The van der Waals surface area contributed by atoms with E-state index in [-0.39, 0.29) is 36.1 Å². The Morgan fingerprint density at radius 2 is 2.05 bits per heavy atom. The Bertz CT molecular complexity index is 483. The zero-order valence-corrected chi connectivity index (χ0v) is 10.7. The normalized spacial score (nSPS) is 12.1. The quantitative estimate of drug-likeness (QED) is 0.802. The van der Waals surface area contributed by atoms with Gasteiger partial charge in [-0.15, -0.1) is 0 Å². The van der Waals surface area contributed by atoms with Crippen molar-refractivity contribution in [3.8, 4) is 0 Å². The number of alkyl halides is 3. The summed E-state index contributed by atoms with van der Waals surface area (Å²) in [5, 5.41) is 0. The van der Waals surface area contributed by atoms with Crippen LogP contribution in [-0.4, -0.2) is 29.4 Å². The molecule has 0 saturated carbocycles. The highest BCUT2D eigenvalue weighted by molar-refractivity contribution is 5.39. The Balaban J connectivity index is 2.64. The molecule has 0 bridgehead atoms. The number of ether oxygens (including phenoxy) is 1. The maximum atomic E-state index is 11.8. The first-order chi connectivity index (χ1) is 8.70. The summed E-state index contributed by atoms with van der Waals surface area (Å²) in [4.78, 5) is 18.1. The number of nitrogens with one attached hydrogen (secondary N) is 1. The van der Waals surface area contributed by atoms with Gasteiger partial charge in [0.2, 0.25) is 0 Å². The summed E-state index contributed by atoms with van der Waals surface area (Å²) in [5.41, 5.74) is 5.65. The molecule has 1 aromatic rings. The van der Waals surface area contributed by atoms with Gasteiger partial charge in [-0.3, -0.25) is 4.79 Å². The van der Waals surface area contributed by atoms with E-state index < -0.39 is 12.8 Å². The Morgan fingerprint density at radius 1 is 1.42 bits per heavy atom. The summed E-state index contributed by atoms with van der Waals surface area (Å²) in [7, 11) is 0. The number of nitrogen functional groups attached to an aromatic ring is 1. The lowest BCUT2D eigenvalue weighted by molar-refractivity contribution is -0.173. The zero-order valence-electron chi connectivity index (χ0n) is 10.7. The summed E-state index contributed by atoms with van der Waals surface area (Å²) in [5.74, 6) is 0.241. The minimum atomic E-state index is -4.36. The summed E-state index contributed by atoms with van der Waals surface area (Å²) in [6.45, 7) is 2.09. The van der Waals surface area contributed by atoms with Gasteiger partial charge in [0.15, 0.2) is 0 Å². The molecule has 0 aliphatic carbocycles. The number of anilines is 1. The van der Waals surface area contributed by atoms with Gasteiger partial charge >= 0.3 is 6.18 Å². The van der Waals surface area contributed by atoms with Gasteiger partial charge < -0.3 is 15.5 Å². The minimum Gasteiger partial charge on any atom is -0.383 e. The first-order valence-electron chi connectivity index (χ1n) is 5.73. The van der Waals surface area contributed by atoms with Crippen LogP contribution in [-0.2, 0) is 11.2 Å². The molecular weight excluding hydrogens is 263 g/mol. The average molecular weight is 279 g/mol. The van der Waals surface area contributed by atoms with Crippen LogP contribution in [0.25, 0.3) is 0 Å². The molecule has 5 nitrogen and oxygen atoms in total. The zero-order chi connectivity index (χ0) is 14.6. The lowest BCUT2D eigenvalue weighted by Gasteiger charge is -2.10. The van der Waals surface area contributed by atoms with Gasteiger partial charge in [0.1, 0.15) is 18.2 Å². The predicted molar refractivity (Wildman–Crippen MR) is 63.9 cm³/mol. The van der Waals surface area contributed by atoms with Crippen molar-refractivity contribution in [2.45, 2.75) is 32.4 Å². The van der Waals surface area contributed by atoms with E-state index in [1.54, 1.807) is 13.8 Å². The molecule has 1 aromatic heterocycles. The number of H-pyrrole nitrogens is 1. The highest BCUT2D eigenvalue weighted by Gasteiger charge is 2.27. The van der Waals surface area contributed by atoms with Crippen molar-refractivity contribution in [3.05, 3.63) is 21.7 Å². The molecule has 1 heterocycles. The number of rotatable bonds is 5. The molecule has 0 saturated heterocycles. The van der Waals surface area contributed by atoms with Crippen molar-refractivity contribution in [2.75, 3.05) is 18.9 Å². The molecular formula is C11H16F3N3O2. The third-order valence-corrected chi connectivity index (χ3v) is 2.36. The maximum Gasteiger partial charge on any atom is 0.411 e. The molecule has 0 aliphatic heterocycles. The van der Waals surface area contributed by atoms with E-state index in [0.717, 1.165) is 0 Å². The number of nitrogens with zero attached hydrogens (tertiary/aromatic N) is 1. The van der Waals surface area contributed by atoms with Crippen molar-refractivity contribution in [1.29, 1.82) is 0 Å². The molecule has 8 heteroatoms. The van der Waals surface area contributed by atoms with Crippen LogP contribution in [0, 0.1) is 0 Å². The van der Waals surface area contributed by atoms with E-state index in [9.17, 15) is 18.0 Å². The first kappa shape index (κ1) is 15.5. The second kappa shape index (κ2) is 6.05. The third kappa shape index (κ3) is 4.90. The largest absolute Gasteiger partial charge is 0.411 e. The number of aromatic nitrogens is 2. The molecule has 0 spiro atoms. The smallest absolute Gasteiger partial charge is 0.383 e. The Hall–Kier alpha value is -1.57. The van der Waals surface area contributed by atoms with E-state index in [0.29, 0.717) is 5.56 Å². The van der Waals surface area contributed by atoms with Gasteiger partial charge in [0.05, 0.1) is 12.2 Å². The molecule has 0 aliphatic rings. The number of hydrogen-bond donors (Lipinski definition) is 2. The van der Waals surface area contributed by atoms with Crippen LogP contribution in [0.4, 0.5) is 19.0 Å². The summed E-state index contributed by atoms with van der Waals surface area (Å²) in [6, 6.07) is 0. The molecule has 3 N–H and O–H groups in total. The Kier molecular flexibility index (Phi) is 4.93. The van der Waals surface area contributed by atoms with Gasteiger partial charge in [0, 0.05) is 6.42 Å². The van der Waals surface area contributed by atoms with Crippen LogP contribution in [0.5, 0.6) is 0 Å². The van der Waals surface area contributed by atoms with Crippen molar-refractivity contribution in [1.82, 2.24) is 9.97 Å². The lowest BCUT2D eigenvalue weighted by atomic mass is 10.1. The fourth-order valence-corrected chi connectivity index (χ4v) is 1.58. The van der Waals surface area contributed by atoms with Crippen LogP contribution in [0.15, 0.2) is 4.79 Å². The third-order valence-electron chi connectivity index (χ3n) is 2.36. The van der Waals surface area contributed by atoms with E-state index in [1.807, 2.05) is 0 Å². The predicted octanol–water partition coefficient (Wildman–Crippen LogP) is 1.60. The monoisotopic (exact) mass is 279 g/mol. The molecule has 108 valence electrons. The molecule has 0 fully saturated rings. The van der Waals surface area contributed by atoms with Gasteiger partial charge in [-0.05, 0) is 5.92 Å². The molecule has 0 aromatic carbocycles. The van der Waals surface area contributed by atoms with Crippen LogP contribution in [0.1, 0.15) is 31.2 Å². The molecule has 0 radical (unpaired) electrons. The van der Waals surface area contributed by atoms with Crippen LogP contribution in [0.2, 0.25) is 0 Å². The molecule has 0 unspecified atom stereocenters. The first-order valence-corrected chi connectivity index (χ1v) is 5.73. The van der Waals surface area contributed by atoms with E-state index >= 15 is 0 Å². The van der Waals surface area contributed by atoms with Crippen molar-refractivity contribution < 1.29 is 17.9 Å². The topological polar surface area (TPSA) is 81.0 Å². The van der Waals surface area contributed by atoms with Gasteiger partial charge in [-0.1, -0.05) is 13.8 Å². The van der Waals surface area contributed by atoms with Gasteiger partial charge in [0.25, 0.3) is 5.56 Å². The highest BCUT2D eigenvalue weighted by Crippen LogP contribution is 2.16. The Morgan fingerprint density at radius 3 is 2.53 bits per heavy atom. The van der Waals surface area contributed by atoms with E-state index in [4.69, 9.17) is 5.73 Å². The second-order valence-corrected chi connectivity index (χ2v) is 4.38. The molecule has 19 heavy (non-hydrogen) atoms. The average Bonchev–Trinajstić information content (AvgIpc) is 2.21. The Labute approximate surface area is 108 Å². The van der Waals surface area contributed by atoms with Crippen molar-refractivity contribution in [2.24, 2.45) is 0 Å². The minimum absolute atomic E-state index is 0.0634.